The van der Waals surface area contributed by atoms with Crippen LogP contribution in [0.15, 0.2) is 28.5 Å². The van der Waals surface area contributed by atoms with Crippen molar-refractivity contribution in [2.45, 2.75) is 30.7 Å². The molecule has 1 aliphatic heterocycles. The van der Waals surface area contributed by atoms with Gasteiger partial charge in [0.15, 0.2) is 5.13 Å². The van der Waals surface area contributed by atoms with E-state index in [9.17, 15) is 18.5 Å². The van der Waals surface area contributed by atoms with Gasteiger partial charge in [-0.3, -0.25) is 10.1 Å². The van der Waals surface area contributed by atoms with Crippen molar-refractivity contribution in [3.63, 3.8) is 0 Å². The Labute approximate surface area is 161 Å². The number of aromatic nitrogens is 1. The summed E-state index contributed by atoms with van der Waals surface area (Å²) in [5.41, 5.74) is 1.22. The fourth-order valence-corrected chi connectivity index (χ4v) is 4.58. The molecule has 27 heavy (non-hydrogen) atoms. The Morgan fingerprint density at radius 1 is 1.33 bits per heavy atom. The zero-order chi connectivity index (χ0) is 19.6. The Morgan fingerprint density at radius 2 is 2.04 bits per heavy atom. The lowest BCUT2D eigenvalue weighted by molar-refractivity contribution is -0.384. The van der Waals surface area contributed by atoms with Crippen LogP contribution in [0.3, 0.4) is 0 Å². The van der Waals surface area contributed by atoms with Crippen LogP contribution in [-0.4, -0.2) is 44.5 Å². The first-order valence-electron chi connectivity index (χ1n) is 8.46. The lowest BCUT2D eigenvalue weighted by Crippen LogP contribution is -2.39. The van der Waals surface area contributed by atoms with E-state index in [2.05, 4.69) is 15.0 Å². The molecule has 2 N–H and O–H groups in total. The van der Waals surface area contributed by atoms with E-state index in [0.717, 1.165) is 29.7 Å². The molecule has 3 rings (SSSR count). The van der Waals surface area contributed by atoms with E-state index in [1.165, 1.54) is 19.2 Å². The number of benzene rings is 1. The molecule has 1 aromatic heterocycles. The first-order chi connectivity index (χ1) is 12.8. The minimum atomic E-state index is -3.73. The molecule has 0 amide bonds. The summed E-state index contributed by atoms with van der Waals surface area (Å²) >= 11 is 1.56. The second-order valence-electron chi connectivity index (χ2n) is 6.31. The maximum atomic E-state index is 11.9. The van der Waals surface area contributed by atoms with E-state index in [4.69, 9.17) is 0 Å². The number of sulfonamides is 1. The molecular weight excluding hydrogens is 390 g/mol. The number of nitrogens with one attached hydrogen (secondary N) is 2. The first-order valence-corrected chi connectivity index (χ1v) is 10.8. The number of nitro benzene ring substituents is 1. The lowest BCUT2D eigenvalue weighted by Gasteiger charge is -2.33. The van der Waals surface area contributed by atoms with Gasteiger partial charge in [0.1, 0.15) is 5.69 Å². The van der Waals surface area contributed by atoms with Gasteiger partial charge in [-0.2, -0.15) is 0 Å². The summed E-state index contributed by atoms with van der Waals surface area (Å²) in [5.74, 6) is 0. The van der Waals surface area contributed by atoms with Crippen LogP contribution in [0.1, 0.15) is 18.5 Å². The highest BCUT2D eigenvalue weighted by Gasteiger charge is 2.27. The van der Waals surface area contributed by atoms with Crippen LogP contribution in [0.5, 0.6) is 0 Å². The minimum Gasteiger partial charge on any atom is -0.366 e. The van der Waals surface area contributed by atoms with Crippen molar-refractivity contribution >= 4 is 37.9 Å². The van der Waals surface area contributed by atoms with Crippen molar-refractivity contribution in [2.75, 3.05) is 30.4 Å². The zero-order valence-corrected chi connectivity index (χ0v) is 16.6. The van der Waals surface area contributed by atoms with Crippen molar-refractivity contribution in [3.05, 3.63) is 39.4 Å². The second kappa shape index (κ2) is 7.79. The average Bonchev–Trinajstić information content (AvgIpc) is 3.06. The van der Waals surface area contributed by atoms with Gasteiger partial charge in [0, 0.05) is 30.6 Å². The molecule has 1 aromatic carbocycles. The summed E-state index contributed by atoms with van der Waals surface area (Å²) < 4.78 is 26.0. The zero-order valence-electron chi connectivity index (χ0n) is 15.0. The molecule has 0 unspecified atom stereocenters. The molecule has 1 aliphatic rings. The molecule has 0 atom stereocenters. The highest BCUT2D eigenvalue weighted by molar-refractivity contribution is 7.89. The predicted octanol–water partition coefficient (Wildman–Crippen LogP) is 2.35. The van der Waals surface area contributed by atoms with Crippen LogP contribution in [-0.2, 0) is 10.0 Å². The van der Waals surface area contributed by atoms with Gasteiger partial charge < -0.3 is 10.2 Å². The Kier molecular flexibility index (Phi) is 5.63. The Hall–Kier alpha value is -2.24. The van der Waals surface area contributed by atoms with E-state index in [1.807, 2.05) is 17.2 Å². The molecule has 2 aromatic rings. The van der Waals surface area contributed by atoms with Crippen LogP contribution >= 0.6 is 11.3 Å². The summed E-state index contributed by atoms with van der Waals surface area (Å²) in [6, 6.07) is 4.29. The van der Waals surface area contributed by atoms with Crippen LogP contribution in [0.4, 0.5) is 16.5 Å². The number of nitro groups is 1. The van der Waals surface area contributed by atoms with E-state index in [0.29, 0.717) is 18.8 Å². The van der Waals surface area contributed by atoms with Crippen molar-refractivity contribution in [1.29, 1.82) is 0 Å². The molecule has 146 valence electrons. The van der Waals surface area contributed by atoms with Crippen LogP contribution in [0, 0.1) is 17.0 Å². The third kappa shape index (κ3) is 4.37. The molecule has 11 heteroatoms. The van der Waals surface area contributed by atoms with Gasteiger partial charge >= 0.3 is 0 Å². The van der Waals surface area contributed by atoms with Crippen molar-refractivity contribution in [1.82, 2.24) is 9.71 Å². The number of thiazole rings is 1. The maximum Gasteiger partial charge on any atom is 0.293 e. The van der Waals surface area contributed by atoms with Crippen molar-refractivity contribution < 1.29 is 13.3 Å². The third-order valence-corrected chi connectivity index (χ3v) is 6.81. The molecule has 0 bridgehead atoms. The van der Waals surface area contributed by atoms with Crippen LogP contribution in [0.25, 0.3) is 0 Å². The fraction of sp³-hybridized carbons (Fsp3) is 0.438. The highest BCUT2D eigenvalue weighted by atomic mass is 32.2. The molecule has 0 radical (unpaired) electrons. The summed E-state index contributed by atoms with van der Waals surface area (Å²) in [6.45, 7) is 3.23. The minimum absolute atomic E-state index is 0.115. The number of nitrogens with zero attached hydrogens (tertiary/aromatic N) is 3. The fourth-order valence-electron chi connectivity index (χ4n) is 3.06. The van der Waals surface area contributed by atoms with Crippen LogP contribution < -0.4 is 14.9 Å². The normalized spacial score (nSPS) is 15.7. The Bertz CT molecular complexity index is 936. The maximum absolute atomic E-state index is 11.9. The number of hydrogen-bond donors (Lipinski definition) is 2. The van der Waals surface area contributed by atoms with E-state index >= 15 is 0 Å². The SMILES string of the molecule is CNS(=O)(=O)c1ccc(N2CCC(Nc3nc(C)cs3)CC2)c([N+](=O)[O-])c1. The van der Waals surface area contributed by atoms with E-state index < -0.39 is 14.9 Å². The van der Waals surface area contributed by atoms with Gasteiger partial charge in [-0.25, -0.2) is 18.1 Å². The summed E-state index contributed by atoms with van der Waals surface area (Å²) in [4.78, 5) is 17.2. The number of anilines is 2. The second-order valence-corrected chi connectivity index (χ2v) is 9.06. The summed E-state index contributed by atoms with van der Waals surface area (Å²) in [7, 11) is -2.46. The summed E-state index contributed by atoms with van der Waals surface area (Å²) in [6.07, 6.45) is 1.62. The van der Waals surface area contributed by atoms with Gasteiger partial charge in [0.2, 0.25) is 10.0 Å². The Morgan fingerprint density at radius 3 is 2.59 bits per heavy atom. The van der Waals surface area contributed by atoms with Gasteiger partial charge in [0.25, 0.3) is 5.69 Å². The number of piperidine rings is 1. The van der Waals surface area contributed by atoms with Crippen molar-refractivity contribution in [3.8, 4) is 0 Å². The van der Waals surface area contributed by atoms with Gasteiger partial charge in [-0.15, -0.1) is 11.3 Å². The van der Waals surface area contributed by atoms with Gasteiger partial charge in [-0.05, 0) is 38.9 Å². The van der Waals surface area contributed by atoms with E-state index in [-0.39, 0.29) is 16.6 Å². The first kappa shape index (κ1) is 19.5. The smallest absolute Gasteiger partial charge is 0.293 e. The number of aryl methyl sites for hydroxylation is 1. The average molecular weight is 412 g/mol. The third-order valence-electron chi connectivity index (χ3n) is 4.50. The molecule has 9 nitrogen and oxygen atoms in total. The predicted molar refractivity (Wildman–Crippen MR) is 105 cm³/mol. The largest absolute Gasteiger partial charge is 0.366 e. The standard InChI is InChI=1S/C16H21N5O4S2/c1-11-10-26-16(18-11)19-12-5-7-20(8-6-12)14-4-3-13(27(24,25)17-2)9-15(14)21(22)23/h3-4,9-10,12,17H,5-8H2,1-2H3,(H,18,19). The topological polar surface area (TPSA) is 117 Å². The molecule has 2 heterocycles. The van der Waals surface area contributed by atoms with Crippen molar-refractivity contribution in [2.24, 2.45) is 0 Å². The Balaban J connectivity index is 1.74. The molecule has 0 aliphatic carbocycles. The quantitative estimate of drug-likeness (QED) is 0.553. The van der Waals surface area contributed by atoms with Gasteiger partial charge in [-0.1, -0.05) is 0 Å². The molecule has 1 fully saturated rings. The molecule has 0 spiro atoms. The summed E-state index contributed by atoms with van der Waals surface area (Å²) in [5, 5.41) is 17.8. The number of hydrogen-bond acceptors (Lipinski definition) is 8. The van der Waals surface area contributed by atoms with Gasteiger partial charge in [0.05, 0.1) is 15.5 Å². The highest BCUT2D eigenvalue weighted by Crippen LogP contribution is 2.33. The number of rotatable bonds is 6. The van der Waals surface area contributed by atoms with Crippen LogP contribution in [0.2, 0.25) is 0 Å². The van der Waals surface area contributed by atoms with E-state index in [1.54, 1.807) is 11.3 Å². The monoisotopic (exact) mass is 411 g/mol. The molecule has 1 saturated heterocycles. The molecular formula is C16H21N5O4S2. The lowest BCUT2D eigenvalue weighted by atomic mass is 10.0. The molecule has 0 saturated carbocycles.